The van der Waals surface area contributed by atoms with Crippen LogP contribution in [-0.2, 0) is 17.6 Å². The fraction of sp³-hybridized carbons (Fsp3) is 0.583. The van der Waals surface area contributed by atoms with Crippen LogP contribution in [0, 0.1) is 17.7 Å². The summed E-state index contributed by atoms with van der Waals surface area (Å²) in [7, 11) is 0. The fourth-order valence-corrected chi connectivity index (χ4v) is 5.87. The number of halogens is 1. The van der Waals surface area contributed by atoms with Gasteiger partial charge in [0.15, 0.2) is 5.13 Å². The minimum Gasteiger partial charge on any atom is -0.361 e. The van der Waals surface area contributed by atoms with Crippen LogP contribution in [0.25, 0.3) is 11.3 Å². The van der Waals surface area contributed by atoms with Gasteiger partial charge in [0.05, 0.1) is 5.69 Å². The van der Waals surface area contributed by atoms with Gasteiger partial charge in [-0.15, -0.1) is 11.3 Å². The van der Waals surface area contributed by atoms with E-state index in [2.05, 4.69) is 10.6 Å². The number of hydrogen-bond donors (Lipinski definition) is 2. The van der Waals surface area contributed by atoms with Gasteiger partial charge in [-0.1, -0.05) is 6.07 Å². The van der Waals surface area contributed by atoms with Crippen molar-refractivity contribution in [3.8, 4) is 11.3 Å². The van der Waals surface area contributed by atoms with Crippen LogP contribution in [0.15, 0.2) is 18.2 Å². The van der Waals surface area contributed by atoms with Crippen LogP contribution >= 0.6 is 11.3 Å². The van der Waals surface area contributed by atoms with Crippen LogP contribution < -0.4 is 10.6 Å². The number of fused-ring (bicyclic) bond motifs is 3. The van der Waals surface area contributed by atoms with Gasteiger partial charge in [-0.05, 0) is 87.3 Å². The lowest BCUT2D eigenvalue weighted by atomic mass is 9.86. The number of benzene rings is 1. The summed E-state index contributed by atoms with van der Waals surface area (Å²) in [6.45, 7) is 0.922. The van der Waals surface area contributed by atoms with Gasteiger partial charge in [0.25, 0.3) is 0 Å². The van der Waals surface area contributed by atoms with E-state index in [1.165, 1.54) is 23.3 Å². The molecule has 2 saturated carbocycles. The molecule has 4 nitrogen and oxygen atoms in total. The number of rotatable bonds is 6. The topological polar surface area (TPSA) is 54.0 Å². The Labute approximate surface area is 181 Å². The van der Waals surface area contributed by atoms with Crippen LogP contribution in [-0.4, -0.2) is 23.5 Å². The maximum absolute atomic E-state index is 13.8. The predicted molar refractivity (Wildman–Crippen MR) is 119 cm³/mol. The molecule has 2 N–H and O–H groups in total. The number of hydrogen-bond acceptors (Lipinski definition) is 4. The van der Waals surface area contributed by atoms with E-state index >= 15 is 0 Å². The molecule has 2 aromatic rings. The summed E-state index contributed by atoms with van der Waals surface area (Å²) < 4.78 is 13.8. The zero-order valence-electron chi connectivity index (χ0n) is 17.4. The van der Waals surface area contributed by atoms with E-state index < -0.39 is 0 Å². The van der Waals surface area contributed by atoms with Crippen molar-refractivity contribution in [1.82, 2.24) is 10.3 Å². The first-order valence-electron chi connectivity index (χ1n) is 11.5. The molecule has 0 unspecified atom stereocenters. The highest BCUT2D eigenvalue weighted by atomic mass is 32.1. The molecule has 3 aliphatic carbocycles. The Morgan fingerprint density at radius 2 is 1.90 bits per heavy atom. The molecular formula is C24H30FN3OS. The number of nitrogens with zero attached hydrogens (tertiary/aromatic N) is 1. The molecule has 1 aromatic heterocycles. The summed E-state index contributed by atoms with van der Waals surface area (Å²) in [6, 6.07) is 5.46. The van der Waals surface area contributed by atoms with Crippen molar-refractivity contribution in [2.75, 3.05) is 11.9 Å². The molecule has 1 amide bonds. The Morgan fingerprint density at radius 1 is 1.10 bits per heavy atom. The second kappa shape index (κ2) is 8.66. The van der Waals surface area contributed by atoms with Crippen LogP contribution in [0.5, 0.6) is 0 Å². The zero-order chi connectivity index (χ0) is 20.5. The summed E-state index contributed by atoms with van der Waals surface area (Å²) in [5.41, 5.74) is 3.14. The standard InChI is InChI=1S/C24H30FN3OS/c25-18-9-8-17-2-1-3-21-23(20(17)13-18)28-24(30-21)26-14-16-6-10-19(11-7-16)27-22(29)12-15-4-5-15/h8-9,13,15-16,19H,1-7,10-12,14H2,(H,26,28)(H,27,29). The van der Waals surface area contributed by atoms with Gasteiger partial charge >= 0.3 is 0 Å². The van der Waals surface area contributed by atoms with Crippen molar-refractivity contribution in [2.24, 2.45) is 11.8 Å². The first-order valence-corrected chi connectivity index (χ1v) is 12.3. The highest BCUT2D eigenvalue weighted by molar-refractivity contribution is 7.16. The third kappa shape index (κ3) is 4.69. The summed E-state index contributed by atoms with van der Waals surface area (Å²) >= 11 is 1.73. The van der Waals surface area contributed by atoms with Crippen molar-refractivity contribution in [3.63, 3.8) is 0 Å². The number of aryl methyl sites for hydroxylation is 2. The van der Waals surface area contributed by atoms with Gasteiger partial charge < -0.3 is 10.6 Å². The Morgan fingerprint density at radius 3 is 2.70 bits per heavy atom. The van der Waals surface area contributed by atoms with E-state index in [1.807, 2.05) is 6.07 Å². The molecule has 0 atom stereocenters. The van der Waals surface area contributed by atoms with E-state index in [0.29, 0.717) is 17.9 Å². The first-order chi connectivity index (χ1) is 14.6. The van der Waals surface area contributed by atoms with Gasteiger partial charge in [0.2, 0.25) is 5.91 Å². The Bertz CT molecular complexity index is 915. The molecule has 2 fully saturated rings. The average molecular weight is 428 g/mol. The largest absolute Gasteiger partial charge is 0.361 e. The van der Waals surface area contributed by atoms with E-state index in [9.17, 15) is 9.18 Å². The summed E-state index contributed by atoms with van der Waals surface area (Å²) in [5.74, 6) is 1.34. The van der Waals surface area contributed by atoms with Gasteiger partial charge in [-0.3, -0.25) is 4.79 Å². The first kappa shape index (κ1) is 20.0. The number of nitrogens with one attached hydrogen (secondary N) is 2. The van der Waals surface area contributed by atoms with Crippen molar-refractivity contribution >= 4 is 22.4 Å². The van der Waals surface area contributed by atoms with E-state index in [0.717, 1.165) is 74.3 Å². The summed E-state index contributed by atoms with van der Waals surface area (Å²) in [6.07, 6.45) is 10.7. The smallest absolute Gasteiger partial charge is 0.220 e. The average Bonchev–Trinajstić information content (AvgIpc) is 3.48. The lowest BCUT2D eigenvalue weighted by Crippen LogP contribution is -2.38. The highest BCUT2D eigenvalue weighted by Gasteiger charge is 2.27. The van der Waals surface area contributed by atoms with Gasteiger partial charge in [-0.25, -0.2) is 9.37 Å². The molecule has 30 heavy (non-hydrogen) atoms. The molecule has 0 saturated heterocycles. The molecule has 6 heteroatoms. The van der Waals surface area contributed by atoms with Crippen molar-refractivity contribution < 1.29 is 9.18 Å². The minimum atomic E-state index is -0.190. The second-order valence-corrected chi connectivity index (χ2v) is 10.3. The van der Waals surface area contributed by atoms with E-state index in [-0.39, 0.29) is 11.7 Å². The number of carbonyl (C=O) groups excluding carboxylic acids is 1. The van der Waals surface area contributed by atoms with Crippen molar-refractivity contribution in [1.29, 1.82) is 0 Å². The highest BCUT2D eigenvalue weighted by Crippen LogP contribution is 2.38. The molecule has 1 aromatic carbocycles. The lowest BCUT2D eigenvalue weighted by molar-refractivity contribution is -0.122. The van der Waals surface area contributed by atoms with Crippen LogP contribution in [0.4, 0.5) is 9.52 Å². The number of thiazole rings is 1. The molecular weight excluding hydrogens is 397 g/mol. The molecule has 0 radical (unpaired) electrons. The van der Waals surface area contributed by atoms with Gasteiger partial charge in [-0.2, -0.15) is 0 Å². The third-order valence-corrected chi connectivity index (χ3v) is 7.87. The normalized spacial score (nSPS) is 23.2. The fourth-order valence-electron chi connectivity index (χ4n) is 4.85. The molecule has 5 rings (SSSR count). The van der Waals surface area contributed by atoms with Crippen molar-refractivity contribution in [2.45, 2.75) is 70.3 Å². The van der Waals surface area contributed by atoms with Gasteiger partial charge in [0, 0.05) is 29.4 Å². The minimum absolute atomic E-state index is 0.190. The maximum atomic E-state index is 13.8. The van der Waals surface area contributed by atoms with E-state index in [4.69, 9.17) is 4.98 Å². The van der Waals surface area contributed by atoms with Crippen LogP contribution in [0.1, 0.15) is 61.8 Å². The Kier molecular flexibility index (Phi) is 5.77. The molecule has 0 aliphatic heterocycles. The SMILES string of the molecule is O=C(CC1CC1)NC1CCC(CNc2nc3c(s2)CCCc2ccc(F)cc2-3)CC1. The van der Waals surface area contributed by atoms with Gasteiger partial charge in [0.1, 0.15) is 5.82 Å². The second-order valence-electron chi connectivity index (χ2n) is 9.26. The Hall–Kier alpha value is -1.95. The molecule has 1 heterocycles. The van der Waals surface area contributed by atoms with Crippen LogP contribution in [0.2, 0.25) is 0 Å². The maximum Gasteiger partial charge on any atom is 0.220 e. The summed E-state index contributed by atoms with van der Waals surface area (Å²) in [5, 5.41) is 7.75. The molecule has 3 aliphatic rings. The zero-order valence-corrected chi connectivity index (χ0v) is 18.2. The van der Waals surface area contributed by atoms with E-state index in [1.54, 1.807) is 23.5 Å². The number of anilines is 1. The third-order valence-electron chi connectivity index (χ3n) is 6.80. The quantitative estimate of drug-likeness (QED) is 0.656. The summed E-state index contributed by atoms with van der Waals surface area (Å²) in [4.78, 5) is 18.1. The molecule has 0 spiro atoms. The number of carbonyl (C=O) groups is 1. The van der Waals surface area contributed by atoms with Crippen LogP contribution in [0.3, 0.4) is 0 Å². The lowest BCUT2D eigenvalue weighted by Gasteiger charge is -2.29. The number of aromatic nitrogens is 1. The Balaban J connectivity index is 1.15. The predicted octanol–water partition coefficient (Wildman–Crippen LogP) is 5.32. The van der Waals surface area contributed by atoms with Crippen molar-refractivity contribution in [3.05, 3.63) is 34.5 Å². The molecule has 0 bridgehead atoms. The monoisotopic (exact) mass is 427 g/mol. The molecule has 160 valence electrons. The number of amides is 1.